The Hall–Kier alpha value is -0.900. The second-order valence-electron chi connectivity index (χ2n) is 4.11. The molecule has 0 fully saturated rings. The van der Waals surface area contributed by atoms with E-state index in [2.05, 4.69) is 19.2 Å². The number of hydrogen-bond donors (Lipinski definition) is 1. The van der Waals surface area contributed by atoms with Crippen LogP contribution < -0.4 is 5.32 Å². The summed E-state index contributed by atoms with van der Waals surface area (Å²) in [6, 6.07) is 9.09. The van der Waals surface area contributed by atoms with Crippen molar-refractivity contribution in [1.82, 2.24) is 5.32 Å². The van der Waals surface area contributed by atoms with Crippen molar-refractivity contribution < 1.29 is 4.39 Å². The van der Waals surface area contributed by atoms with E-state index in [4.69, 9.17) is 11.6 Å². The van der Waals surface area contributed by atoms with Crippen LogP contribution in [0.25, 0.3) is 10.4 Å². The minimum atomic E-state index is -0.271. The lowest BCUT2D eigenvalue weighted by molar-refractivity contribution is 0.607. The number of nitrogens with one attached hydrogen (secondary N) is 1. The van der Waals surface area contributed by atoms with Crippen LogP contribution in [0.3, 0.4) is 0 Å². The molecule has 18 heavy (non-hydrogen) atoms. The molecule has 4 heteroatoms. The van der Waals surface area contributed by atoms with Crippen molar-refractivity contribution in [2.75, 3.05) is 6.54 Å². The first kappa shape index (κ1) is 13.5. The molecule has 1 aromatic carbocycles. The average Bonchev–Trinajstić information content (AvgIpc) is 2.78. The van der Waals surface area contributed by atoms with Crippen LogP contribution in [0.1, 0.15) is 24.8 Å². The van der Waals surface area contributed by atoms with Crippen molar-refractivity contribution in [3.05, 3.63) is 46.0 Å². The van der Waals surface area contributed by atoms with Gasteiger partial charge >= 0.3 is 0 Å². The summed E-state index contributed by atoms with van der Waals surface area (Å²) in [5.41, 5.74) is 0.611. The molecule has 0 spiro atoms. The molecule has 0 aliphatic rings. The molecule has 0 bridgehead atoms. The monoisotopic (exact) mass is 283 g/mol. The largest absolute Gasteiger partial charge is 0.310 e. The molecule has 1 unspecified atom stereocenters. The van der Waals surface area contributed by atoms with Crippen molar-refractivity contribution in [3.63, 3.8) is 0 Å². The second kappa shape index (κ2) is 5.83. The molecule has 1 nitrogen and oxygen atoms in total. The van der Waals surface area contributed by atoms with Gasteiger partial charge in [-0.15, -0.1) is 11.3 Å². The normalized spacial score (nSPS) is 12.7. The molecule has 0 amide bonds. The summed E-state index contributed by atoms with van der Waals surface area (Å²) in [5, 5.41) is 3.77. The first-order valence-electron chi connectivity index (χ1n) is 5.90. The van der Waals surface area contributed by atoms with Crippen LogP contribution in [-0.2, 0) is 0 Å². The topological polar surface area (TPSA) is 12.0 Å². The van der Waals surface area contributed by atoms with Gasteiger partial charge in [0.05, 0.1) is 0 Å². The highest BCUT2D eigenvalue weighted by atomic mass is 35.5. The predicted molar refractivity (Wildman–Crippen MR) is 76.8 cm³/mol. The fraction of sp³-hybridized carbons (Fsp3) is 0.286. The van der Waals surface area contributed by atoms with Gasteiger partial charge in [0.25, 0.3) is 0 Å². The average molecular weight is 284 g/mol. The van der Waals surface area contributed by atoms with Gasteiger partial charge in [0.2, 0.25) is 0 Å². The molecule has 96 valence electrons. The second-order valence-corrected chi connectivity index (χ2v) is 5.66. The standard InChI is InChI=1S/C14H15ClFNS/c1-3-17-9(2)13-6-7-14(18-13)11-5-4-10(15)8-12(11)16/h4-9,17H,3H2,1-2H3. The summed E-state index contributed by atoms with van der Waals surface area (Å²) in [5.74, 6) is -0.271. The number of halogens is 2. The maximum absolute atomic E-state index is 13.8. The molecular weight excluding hydrogens is 269 g/mol. The fourth-order valence-electron chi connectivity index (χ4n) is 1.83. The van der Waals surface area contributed by atoms with E-state index in [0.717, 1.165) is 11.4 Å². The Morgan fingerprint density at radius 1 is 1.33 bits per heavy atom. The molecule has 1 aromatic heterocycles. The van der Waals surface area contributed by atoms with Crippen LogP contribution in [0, 0.1) is 5.82 Å². The van der Waals surface area contributed by atoms with Gasteiger partial charge in [-0.2, -0.15) is 0 Å². The minimum absolute atomic E-state index is 0.271. The molecule has 0 aliphatic heterocycles. The van der Waals surface area contributed by atoms with E-state index < -0.39 is 0 Å². The predicted octanol–water partition coefficient (Wildman–Crippen LogP) is 4.88. The van der Waals surface area contributed by atoms with Crippen molar-refractivity contribution >= 4 is 22.9 Å². The highest BCUT2D eigenvalue weighted by Gasteiger charge is 2.11. The van der Waals surface area contributed by atoms with Crippen LogP contribution in [0.4, 0.5) is 4.39 Å². The lowest BCUT2D eigenvalue weighted by Crippen LogP contribution is -2.16. The van der Waals surface area contributed by atoms with Gasteiger partial charge < -0.3 is 5.32 Å². The number of benzene rings is 1. The molecule has 0 saturated carbocycles. The third kappa shape index (κ3) is 2.91. The van der Waals surface area contributed by atoms with Crippen LogP contribution in [0.5, 0.6) is 0 Å². The fourth-order valence-corrected chi connectivity index (χ4v) is 3.05. The molecule has 1 heterocycles. The SMILES string of the molecule is CCNC(C)c1ccc(-c2ccc(Cl)cc2F)s1. The van der Waals surface area contributed by atoms with Crippen LogP contribution in [0.2, 0.25) is 5.02 Å². The van der Waals surface area contributed by atoms with Crippen LogP contribution >= 0.6 is 22.9 Å². The Kier molecular flexibility index (Phi) is 4.38. The third-order valence-corrected chi connectivity index (χ3v) is 4.30. The zero-order chi connectivity index (χ0) is 13.1. The maximum atomic E-state index is 13.8. The summed E-state index contributed by atoms with van der Waals surface area (Å²) in [4.78, 5) is 2.14. The summed E-state index contributed by atoms with van der Waals surface area (Å²) in [6.07, 6.45) is 0. The smallest absolute Gasteiger partial charge is 0.133 e. The Labute approximate surface area is 116 Å². The van der Waals surface area contributed by atoms with Crippen molar-refractivity contribution in [2.24, 2.45) is 0 Å². The molecule has 2 aromatic rings. The van der Waals surface area contributed by atoms with E-state index in [1.54, 1.807) is 23.5 Å². The van der Waals surface area contributed by atoms with Gasteiger partial charge in [-0.05, 0) is 43.8 Å². The van der Waals surface area contributed by atoms with E-state index in [9.17, 15) is 4.39 Å². The van der Waals surface area contributed by atoms with Gasteiger partial charge in [0.1, 0.15) is 5.82 Å². The molecule has 1 N–H and O–H groups in total. The Balaban J connectivity index is 2.29. The Bertz CT molecular complexity index is 538. The molecule has 2 rings (SSSR count). The summed E-state index contributed by atoms with van der Waals surface area (Å²) < 4.78 is 13.8. The lowest BCUT2D eigenvalue weighted by Gasteiger charge is -2.09. The van der Waals surface area contributed by atoms with Crippen molar-refractivity contribution in [3.8, 4) is 10.4 Å². The molecule has 1 atom stereocenters. The summed E-state index contributed by atoms with van der Waals surface area (Å²) >= 11 is 7.36. The minimum Gasteiger partial charge on any atom is -0.310 e. The van der Waals surface area contributed by atoms with E-state index in [1.165, 1.54) is 10.9 Å². The van der Waals surface area contributed by atoms with E-state index in [1.807, 2.05) is 12.1 Å². The van der Waals surface area contributed by atoms with Gasteiger partial charge in [-0.25, -0.2) is 4.39 Å². The zero-order valence-corrected chi connectivity index (χ0v) is 11.9. The van der Waals surface area contributed by atoms with Crippen molar-refractivity contribution in [1.29, 1.82) is 0 Å². The maximum Gasteiger partial charge on any atom is 0.133 e. The van der Waals surface area contributed by atoms with Gasteiger partial charge in [-0.1, -0.05) is 18.5 Å². The Morgan fingerprint density at radius 3 is 2.78 bits per heavy atom. The van der Waals surface area contributed by atoms with Gasteiger partial charge in [-0.3, -0.25) is 0 Å². The van der Waals surface area contributed by atoms with Gasteiger partial charge in [0, 0.05) is 26.4 Å². The van der Waals surface area contributed by atoms with E-state index in [-0.39, 0.29) is 5.82 Å². The van der Waals surface area contributed by atoms with Crippen LogP contribution in [-0.4, -0.2) is 6.54 Å². The Morgan fingerprint density at radius 2 is 2.11 bits per heavy atom. The quantitative estimate of drug-likeness (QED) is 0.843. The zero-order valence-electron chi connectivity index (χ0n) is 10.3. The first-order chi connectivity index (χ1) is 8.61. The van der Waals surface area contributed by atoms with Crippen molar-refractivity contribution in [2.45, 2.75) is 19.9 Å². The third-order valence-electron chi connectivity index (χ3n) is 2.76. The van der Waals surface area contributed by atoms with Crippen LogP contribution in [0.15, 0.2) is 30.3 Å². The molecule has 0 radical (unpaired) electrons. The number of hydrogen-bond acceptors (Lipinski definition) is 2. The summed E-state index contributed by atoms with van der Waals surface area (Å²) in [6.45, 7) is 5.10. The molecule has 0 saturated heterocycles. The van der Waals surface area contributed by atoms with E-state index in [0.29, 0.717) is 16.6 Å². The highest BCUT2D eigenvalue weighted by molar-refractivity contribution is 7.15. The number of rotatable bonds is 4. The molecule has 0 aliphatic carbocycles. The van der Waals surface area contributed by atoms with Gasteiger partial charge in [0.15, 0.2) is 0 Å². The summed E-state index contributed by atoms with van der Waals surface area (Å²) in [7, 11) is 0. The lowest BCUT2D eigenvalue weighted by atomic mass is 10.2. The first-order valence-corrected chi connectivity index (χ1v) is 7.09. The molecular formula is C14H15ClFNS. The van der Waals surface area contributed by atoms with E-state index >= 15 is 0 Å². The number of thiophene rings is 1. The highest BCUT2D eigenvalue weighted by Crippen LogP contribution is 2.33.